The topological polar surface area (TPSA) is 65.0 Å². The van der Waals surface area contributed by atoms with Crippen LogP contribution >= 0.6 is 0 Å². The Morgan fingerprint density at radius 3 is 2.91 bits per heavy atom. The lowest BCUT2D eigenvalue weighted by molar-refractivity contribution is -0.168. The summed E-state index contributed by atoms with van der Waals surface area (Å²) in [4.78, 5) is 11.3. The molecule has 0 aromatic heterocycles. The third kappa shape index (κ3) is 4.66. The molecule has 1 N–H and O–H groups in total. The van der Waals surface area contributed by atoms with Gasteiger partial charge in [-0.1, -0.05) is 18.2 Å². The van der Waals surface area contributed by atoms with Crippen LogP contribution in [-0.2, 0) is 32.2 Å². The van der Waals surface area contributed by atoms with Crippen LogP contribution in [0, 0.1) is 0 Å². The number of hydrogen-bond donors (Lipinski definition) is 1. The zero-order valence-corrected chi connectivity index (χ0v) is 12.8. The van der Waals surface area contributed by atoms with Crippen molar-refractivity contribution in [3.05, 3.63) is 41.0 Å². The van der Waals surface area contributed by atoms with E-state index in [0.29, 0.717) is 6.61 Å². The molecule has 0 bridgehead atoms. The number of carbonyl (C=O) groups is 1. The molecule has 1 aliphatic heterocycles. The minimum absolute atomic E-state index is 0.103. The molecule has 1 saturated heterocycles. The highest BCUT2D eigenvalue weighted by atomic mass is 16.7. The van der Waals surface area contributed by atoms with Crippen LogP contribution < -0.4 is 0 Å². The van der Waals surface area contributed by atoms with Crippen LogP contribution in [0.5, 0.6) is 0 Å². The first-order chi connectivity index (χ1) is 10.7. The van der Waals surface area contributed by atoms with Gasteiger partial charge in [0.2, 0.25) is 0 Å². The van der Waals surface area contributed by atoms with E-state index in [0.717, 1.165) is 42.6 Å². The first kappa shape index (κ1) is 16.7. The molecular weight excluding hydrogens is 284 g/mol. The zero-order chi connectivity index (χ0) is 15.8. The van der Waals surface area contributed by atoms with Crippen LogP contribution in [0.1, 0.15) is 36.0 Å². The Hall–Kier alpha value is -1.69. The van der Waals surface area contributed by atoms with Crippen LogP contribution in [-0.4, -0.2) is 31.1 Å². The molecule has 2 rings (SSSR count). The average Bonchev–Trinajstić information content (AvgIpc) is 2.58. The van der Waals surface area contributed by atoms with Crippen molar-refractivity contribution in [2.24, 2.45) is 0 Å². The normalized spacial score (nSPS) is 18.5. The fourth-order valence-electron chi connectivity index (χ4n) is 2.39. The maximum atomic E-state index is 11.3. The maximum Gasteiger partial charge on any atom is 0.330 e. The summed E-state index contributed by atoms with van der Waals surface area (Å²) in [6, 6.07) is 5.60. The van der Waals surface area contributed by atoms with Crippen molar-refractivity contribution in [2.45, 2.75) is 38.8 Å². The Bertz CT molecular complexity index is 518. The lowest BCUT2D eigenvalue weighted by Crippen LogP contribution is -2.22. The number of esters is 1. The summed E-state index contributed by atoms with van der Waals surface area (Å²) in [5, 5.41) is 9.47. The highest BCUT2D eigenvalue weighted by molar-refractivity contribution is 5.87. The molecule has 120 valence electrons. The molecular formula is C17H22O5. The smallest absolute Gasteiger partial charge is 0.330 e. The van der Waals surface area contributed by atoms with Crippen LogP contribution in [0.25, 0.3) is 6.08 Å². The molecule has 1 atom stereocenters. The average molecular weight is 306 g/mol. The number of methoxy groups -OCH3 is 1. The minimum atomic E-state index is -0.435. The number of hydrogen-bond acceptors (Lipinski definition) is 5. The Morgan fingerprint density at radius 2 is 2.23 bits per heavy atom. The van der Waals surface area contributed by atoms with E-state index in [1.54, 1.807) is 6.08 Å². The molecule has 5 heteroatoms. The summed E-state index contributed by atoms with van der Waals surface area (Å²) in [5.41, 5.74) is 2.43. The van der Waals surface area contributed by atoms with Gasteiger partial charge in [-0.15, -0.1) is 0 Å². The molecule has 0 spiro atoms. The van der Waals surface area contributed by atoms with Crippen LogP contribution in [0.3, 0.4) is 0 Å². The predicted molar refractivity (Wildman–Crippen MR) is 81.8 cm³/mol. The highest BCUT2D eigenvalue weighted by Crippen LogP contribution is 2.21. The zero-order valence-electron chi connectivity index (χ0n) is 12.8. The Labute approximate surface area is 130 Å². The molecule has 0 radical (unpaired) electrons. The van der Waals surface area contributed by atoms with Gasteiger partial charge in [0.05, 0.1) is 20.3 Å². The SMILES string of the molecule is COC(=O)/C=C/c1c(CO)cccc1COC1CCCCO1. The summed E-state index contributed by atoms with van der Waals surface area (Å²) in [5.74, 6) is -0.435. The second-order valence-electron chi connectivity index (χ2n) is 5.11. The Morgan fingerprint density at radius 1 is 1.41 bits per heavy atom. The van der Waals surface area contributed by atoms with Crippen molar-refractivity contribution in [3.63, 3.8) is 0 Å². The lowest BCUT2D eigenvalue weighted by Gasteiger charge is -2.23. The van der Waals surface area contributed by atoms with E-state index in [9.17, 15) is 9.90 Å². The summed E-state index contributed by atoms with van der Waals surface area (Å²) in [6.45, 7) is 1.00. The van der Waals surface area contributed by atoms with Crippen molar-refractivity contribution in [1.29, 1.82) is 0 Å². The van der Waals surface area contributed by atoms with Crippen molar-refractivity contribution in [1.82, 2.24) is 0 Å². The molecule has 1 unspecified atom stereocenters. The molecule has 0 aliphatic carbocycles. The Kier molecular flexibility index (Phi) is 6.58. The molecule has 5 nitrogen and oxygen atoms in total. The third-order valence-corrected chi connectivity index (χ3v) is 3.61. The number of rotatable bonds is 6. The van der Waals surface area contributed by atoms with E-state index in [1.165, 1.54) is 13.2 Å². The van der Waals surface area contributed by atoms with Crippen LogP contribution in [0.2, 0.25) is 0 Å². The van der Waals surface area contributed by atoms with Crippen molar-refractivity contribution < 1.29 is 24.1 Å². The fourth-order valence-corrected chi connectivity index (χ4v) is 2.39. The Balaban J connectivity index is 2.11. The molecule has 1 aromatic carbocycles. The van der Waals surface area contributed by atoms with Crippen LogP contribution in [0.4, 0.5) is 0 Å². The standard InChI is InChI=1S/C17H22O5/c1-20-16(19)9-8-15-13(11-18)5-4-6-14(15)12-22-17-7-2-3-10-21-17/h4-6,8-9,17-18H,2-3,7,10-12H2,1H3/b9-8+. The predicted octanol–water partition coefficient (Wildman–Crippen LogP) is 2.41. The molecule has 1 heterocycles. The van der Waals surface area contributed by atoms with Gasteiger partial charge >= 0.3 is 5.97 Å². The van der Waals surface area contributed by atoms with Crippen molar-refractivity contribution in [2.75, 3.05) is 13.7 Å². The second-order valence-corrected chi connectivity index (χ2v) is 5.11. The van der Waals surface area contributed by atoms with Gasteiger partial charge in [-0.05, 0) is 42.0 Å². The summed E-state index contributed by atoms with van der Waals surface area (Å²) >= 11 is 0. The fraction of sp³-hybridized carbons (Fsp3) is 0.471. The number of ether oxygens (including phenoxy) is 3. The van der Waals surface area contributed by atoms with Gasteiger partial charge in [-0.3, -0.25) is 0 Å². The van der Waals surface area contributed by atoms with Crippen molar-refractivity contribution in [3.8, 4) is 0 Å². The maximum absolute atomic E-state index is 11.3. The molecule has 1 aromatic rings. The van der Waals surface area contributed by atoms with Gasteiger partial charge in [0.1, 0.15) is 0 Å². The summed E-state index contributed by atoms with van der Waals surface area (Å²) < 4.78 is 15.9. The van der Waals surface area contributed by atoms with E-state index < -0.39 is 5.97 Å². The van der Waals surface area contributed by atoms with Gasteiger partial charge in [0, 0.05) is 12.7 Å². The molecule has 1 fully saturated rings. The van der Waals surface area contributed by atoms with Gasteiger partial charge < -0.3 is 19.3 Å². The first-order valence-corrected chi connectivity index (χ1v) is 7.45. The number of benzene rings is 1. The number of aliphatic hydroxyl groups excluding tert-OH is 1. The van der Waals surface area contributed by atoms with E-state index in [-0.39, 0.29) is 12.9 Å². The van der Waals surface area contributed by atoms with Gasteiger partial charge in [0.25, 0.3) is 0 Å². The minimum Gasteiger partial charge on any atom is -0.466 e. The third-order valence-electron chi connectivity index (χ3n) is 3.61. The molecule has 1 aliphatic rings. The summed E-state index contributed by atoms with van der Waals surface area (Å²) in [6.07, 6.45) is 5.90. The molecule has 0 saturated carbocycles. The van der Waals surface area contributed by atoms with Crippen molar-refractivity contribution >= 4 is 12.0 Å². The summed E-state index contributed by atoms with van der Waals surface area (Å²) in [7, 11) is 1.33. The van der Waals surface area contributed by atoms with Crippen LogP contribution in [0.15, 0.2) is 24.3 Å². The van der Waals surface area contributed by atoms with E-state index in [4.69, 9.17) is 9.47 Å². The van der Waals surface area contributed by atoms with E-state index >= 15 is 0 Å². The number of aliphatic hydroxyl groups is 1. The molecule has 22 heavy (non-hydrogen) atoms. The van der Waals surface area contributed by atoms with E-state index in [2.05, 4.69) is 4.74 Å². The van der Waals surface area contributed by atoms with E-state index in [1.807, 2.05) is 18.2 Å². The number of carbonyl (C=O) groups excluding carboxylic acids is 1. The van der Waals surface area contributed by atoms with Gasteiger partial charge in [-0.25, -0.2) is 4.79 Å². The second kappa shape index (κ2) is 8.68. The monoisotopic (exact) mass is 306 g/mol. The first-order valence-electron chi connectivity index (χ1n) is 7.45. The lowest BCUT2D eigenvalue weighted by atomic mass is 10.0. The highest BCUT2D eigenvalue weighted by Gasteiger charge is 2.15. The molecule has 0 amide bonds. The largest absolute Gasteiger partial charge is 0.466 e. The van der Waals surface area contributed by atoms with Gasteiger partial charge in [-0.2, -0.15) is 0 Å². The quantitative estimate of drug-likeness (QED) is 0.646. The van der Waals surface area contributed by atoms with Gasteiger partial charge in [0.15, 0.2) is 6.29 Å².